The first-order valence-electron chi connectivity index (χ1n) is 13.1. The van der Waals surface area contributed by atoms with E-state index in [1.807, 2.05) is 48.5 Å². The van der Waals surface area contributed by atoms with Crippen LogP contribution in [0.2, 0.25) is 0 Å². The van der Waals surface area contributed by atoms with Gasteiger partial charge in [-0.05, 0) is 29.2 Å². The Hall–Kier alpha value is -3.42. The SMILES string of the molecule is CC(C)C(CN(CCN)Cc1ccccc1)c1nc2cc(C(C)(F)F)ccc2c(=O)n1Cc1ccccc1. The van der Waals surface area contributed by atoms with Gasteiger partial charge in [0.1, 0.15) is 5.82 Å². The normalized spacial score (nSPS) is 12.9. The number of benzene rings is 3. The van der Waals surface area contributed by atoms with Crippen molar-refractivity contribution in [3.05, 3.63) is 112 Å². The van der Waals surface area contributed by atoms with Gasteiger partial charge in [0.15, 0.2) is 0 Å². The first kappa shape index (κ1) is 27.6. The van der Waals surface area contributed by atoms with E-state index in [0.29, 0.717) is 49.5 Å². The van der Waals surface area contributed by atoms with Gasteiger partial charge in [-0.1, -0.05) is 80.6 Å². The van der Waals surface area contributed by atoms with E-state index in [9.17, 15) is 13.6 Å². The summed E-state index contributed by atoms with van der Waals surface area (Å²) in [5.41, 5.74) is 8.04. The van der Waals surface area contributed by atoms with E-state index in [4.69, 9.17) is 10.7 Å². The number of rotatable bonds is 11. The van der Waals surface area contributed by atoms with E-state index in [1.165, 1.54) is 23.8 Å². The van der Waals surface area contributed by atoms with Crippen LogP contribution in [0.3, 0.4) is 0 Å². The average molecular weight is 519 g/mol. The molecule has 0 aliphatic rings. The summed E-state index contributed by atoms with van der Waals surface area (Å²) in [6.45, 7) is 7.93. The van der Waals surface area contributed by atoms with Gasteiger partial charge < -0.3 is 5.73 Å². The minimum absolute atomic E-state index is 0.128. The van der Waals surface area contributed by atoms with Crippen molar-refractivity contribution in [2.75, 3.05) is 19.6 Å². The van der Waals surface area contributed by atoms with Crippen LogP contribution in [0.25, 0.3) is 10.9 Å². The number of aromatic nitrogens is 2. The van der Waals surface area contributed by atoms with Crippen molar-refractivity contribution >= 4 is 10.9 Å². The van der Waals surface area contributed by atoms with E-state index >= 15 is 0 Å². The van der Waals surface area contributed by atoms with Crippen LogP contribution in [0.4, 0.5) is 8.78 Å². The molecule has 4 aromatic rings. The van der Waals surface area contributed by atoms with Crippen molar-refractivity contribution in [1.82, 2.24) is 14.5 Å². The molecule has 0 spiro atoms. The fourth-order valence-corrected chi connectivity index (χ4v) is 4.84. The minimum atomic E-state index is -3.03. The van der Waals surface area contributed by atoms with Crippen molar-refractivity contribution in [3.63, 3.8) is 0 Å². The van der Waals surface area contributed by atoms with Crippen LogP contribution in [0, 0.1) is 5.92 Å². The Morgan fingerprint density at radius 2 is 1.61 bits per heavy atom. The highest BCUT2D eigenvalue weighted by molar-refractivity contribution is 5.78. The number of fused-ring (bicyclic) bond motifs is 1. The fraction of sp³-hybridized carbons (Fsp3) is 0.355. The first-order valence-corrected chi connectivity index (χ1v) is 13.1. The van der Waals surface area contributed by atoms with Crippen LogP contribution in [0.1, 0.15) is 49.2 Å². The van der Waals surface area contributed by atoms with Crippen LogP contribution in [-0.2, 0) is 19.0 Å². The van der Waals surface area contributed by atoms with Gasteiger partial charge in [0, 0.05) is 44.6 Å². The lowest BCUT2D eigenvalue weighted by Gasteiger charge is -2.31. The molecule has 4 rings (SSSR count). The van der Waals surface area contributed by atoms with Gasteiger partial charge >= 0.3 is 0 Å². The number of nitrogens with zero attached hydrogens (tertiary/aromatic N) is 3. The number of hydrogen-bond donors (Lipinski definition) is 1. The molecule has 1 aromatic heterocycles. The Morgan fingerprint density at radius 1 is 0.974 bits per heavy atom. The van der Waals surface area contributed by atoms with Gasteiger partial charge in [-0.15, -0.1) is 0 Å². The third-order valence-corrected chi connectivity index (χ3v) is 6.96. The number of nitrogens with two attached hydrogens (primary N) is 1. The zero-order chi connectivity index (χ0) is 27.3. The van der Waals surface area contributed by atoms with Crippen molar-refractivity contribution in [3.8, 4) is 0 Å². The highest BCUT2D eigenvalue weighted by atomic mass is 19.3. The van der Waals surface area contributed by atoms with Crippen LogP contribution in [0.15, 0.2) is 83.7 Å². The Labute approximate surface area is 222 Å². The Kier molecular flexibility index (Phi) is 8.69. The molecule has 0 aliphatic carbocycles. The molecule has 0 saturated carbocycles. The molecule has 5 nitrogen and oxygen atoms in total. The molecule has 2 N–H and O–H groups in total. The van der Waals surface area contributed by atoms with Crippen molar-refractivity contribution in [2.45, 2.75) is 45.7 Å². The van der Waals surface area contributed by atoms with E-state index in [2.05, 4.69) is 30.9 Å². The molecule has 1 unspecified atom stereocenters. The molecule has 0 bridgehead atoms. The molecule has 0 aliphatic heterocycles. The van der Waals surface area contributed by atoms with E-state index in [-0.39, 0.29) is 23.0 Å². The smallest absolute Gasteiger partial charge is 0.270 e. The van der Waals surface area contributed by atoms with Gasteiger partial charge in [-0.3, -0.25) is 14.3 Å². The number of halogens is 2. The summed E-state index contributed by atoms with van der Waals surface area (Å²) in [7, 11) is 0. The average Bonchev–Trinajstić information content (AvgIpc) is 2.89. The summed E-state index contributed by atoms with van der Waals surface area (Å²) >= 11 is 0. The molecule has 200 valence electrons. The lowest BCUT2D eigenvalue weighted by molar-refractivity contribution is 0.0176. The maximum absolute atomic E-state index is 14.2. The second kappa shape index (κ2) is 12.0. The topological polar surface area (TPSA) is 64.2 Å². The highest BCUT2D eigenvalue weighted by Crippen LogP contribution is 2.30. The van der Waals surface area contributed by atoms with Crippen LogP contribution in [0.5, 0.6) is 0 Å². The summed E-state index contributed by atoms with van der Waals surface area (Å²) in [6, 6.07) is 24.1. The lowest BCUT2D eigenvalue weighted by Crippen LogP contribution is -2.37. The Bertz CT molecular complexity index is 1400. The fourth-order valence-electron chi connectivity index (χ4n) is 4.84. The summed E-state index contributed by atoms with van der Waals surface area (Å²) in [6.07, 6.45) is 0. The largest absolute Gasteiger partial charge is 0.329 e. The third kappa shape index (κ3) is 6.52. The van der Waals surface area contributed by atoms with Gasteiger partial charge in [-0.2, -0.15) is 0 Å². The molecule has 0 amide bonds. The predicted molar refractivity (Wildman–Crippen MR) is 149 cm³/mol. The summed E-state index contributed by atoms with van der Waals surface area (Å²) in [5.74, 6) is -2.42. The van der Waals surface area contributed by atoms with Crippen molar-refractivity contribution < 1.29 is 8.78 Å². The number of alkyl halides is 2. The zero-order valence-electron chi connectivity index (χ0n) is 22.3. The van der Waals surface area contributed by atoms with E-state index < -0.39 is 5.92 Å². The third-order valence-electron chi connectivity index (χ3n) is 6.96. The molecule has 38 heavy (non-hydrogen) atoms. The van der Waals surface area contributed by atoms with Gasteiger partial charge in [0.25, 0.3) is 11.5 Å². The van der Waals surface area contributed by atoms with Crippen molar-refractivity contribution in [1.29, 1.82) is 0 Å². The van der Waals surface area contributed by atoms with Crippen LogP contribution < -0.4 is 11.3 Å². The van der Waals surface area contributed by atoms with Gasteiger partial charge in [0.05, 0.1) is 17.4 Å². The first-order chi connectivity index (χ1) is 18.2. The Balaban J connectivity index is 1.84. The minimum Gasteiger partial charge on any atom is -0.329 e. The zero-order valence-corrected chi connectivity index (χ0v) is 22.3. The van der Waals surface area contributed by atoms with Gasteiger partial charge in [0.2, 0.25) is 0 Å². The van der Waals surface area contributed by atoms with Crippen LogP contribution >= 0.6 is 0 Å². The molecule has 0 fully saturated rings. The molecule has 0 saturated heterocycles. The molecule has 1 atom stereocenters. The summed E-state index contributed by atoms with van der Waals surface area (Å²) in [5, 5.41) is 0.336. The van der Waals surface area contributed by atoms with Crippen LogP contribution in [-0.4, -0.2) is 34.1 Å². The predicted octanol–water partition coefficient (Wildman–Crippen LogP) is 5.76. The van der Waals surface area contributed by atoms with E-state index in [1.54, 1.807) is 4.57 Å². The summed E-state index contributed by atoms with van der Waals surface area (Å²) in [4.78, 5) is 21.0. The molecule has 3 aromatic carbocycles. The van der Waals surface area contributed by atoms with E-state index in [0.717, 1.165) is 12.5 Å². The molecule has 7 heteroatoms. The number of hydrogen-bond acceptors (Lipinski definition) is 4. The van der Waals surface area contributed by atoms with Gasteiger partial charge in [-0.25, -0.2) is 13.8 Å². The quantitative estimate of drug-likeness (QED) is 0.274. The lowest BCUT2D eigenvalue weighted by atomic mass is 9.93. The van der Waals surface area contributed by atoms with Crippen molar-refractivity contribution in [2.24, 2.45) is 11.7 Å². The second-order valence-corrected chi connectivity index (χ2v) is 10.3. The standard InChI is InChI=1S/C31H36F2N4O/c1-22(2)27(21-36(17-16-34)19-23-10-6-4-7-11-23)29-35-28-18-25(31(3,32)33)14-15-26(28)30(38)37(29)20-24-12-8-5-9-13-24/h4-15,18,22,27H,16-17,19-21,34H2,1-3H3. The molecule has 0 radical (unpaired) electrons. The molecule has 1 heterocycles. The maximum Gasteiger partial charge on any atom is 0.270 e. The molecular formula is C31H36F2N4O. The highest BCUT2D eigenvalue weighted by Gasteiger charge is 2.28. The maximum atomic E-state index is 14.2. The second-order valence-electron chi connectivity index (χ2n) is 10.3. The monoisotopic (exact) mass is 518 g/mol. The molecular weight excluding hydrogens is 482 g/mol. The summed E-state index contributed by atoms with van der Waals surface area (Å²) < 4.78 is 30.1. The Morgan fingerprint density at radius 3 is 2.18 bits per heavy atom.